The van der Waals surface area contributed by atoms with Gasteiger partial charge < -0.3 is 10.6 Å². The summed E-state index contributed by atoms with van der Waals surface area (Å²) in [6.07, 6.45) is 1.91. The Morgan fingerprint density at radius 2 is 1.65 bits per heavy atom. The molecule has 0 aromatic rings. The van der Waals surface area contributed by atoms with E-state index in [1.165, 1.54) is 0 Å². The van der Waals surface area contributed by atoms with Gasteiger partial charge in [-0.25, -0.2) is 0 Å². The Kier molecular flexibility index (Phi) is 8.23. The summed E-state index contributed by atoms with van der Waals surface area (Å²) in [5.41, 5.74) is 5.53. The summed E-state index contributed by atoms with van der Waals surface area (Å²) in [5.74, 6) is 1.25. The van der Waals surface area contributed by atoms with Crippen LogP contribution in [0.25, 0.3) is 0 Å². The van der Waals surface area contributed by atoms with Gasteiger partial charge in [0, 0.05) is 19.0 Å². The highest BCUT2D eigenvalue weighted by molar-refractivity contribution is 5.79. The van der Waals surface area contributed by atoms with Crippen molar-refractivity contribution in [1.29, 1.82) is 0 Å². The molecule has 0 spiro atoms. The van der Waals surface area contributed by atoms with Crippen molar-refractivity contribution in [2.45, 2.75) is 47.5 Å². The smallest absolute Gasteiger partial charge is 0.226 e. The lowest BCUT2D eigenvalue weighted by atomic mass is 9.84. The van der Waals surface area contributed by atoms with Gasteiger partial charge in [0.25, 0.3) is 0 Å². The first-order chi connectivity index (χ1) is 7.95. The van der Waals surface area contributed by atoms with E-state index in [4.69, 9.17) is 5.73 Å². The first-order valence-corrected chi connectivity index (χ1v) is 6.94. The second-order valence-corrected chi connectivity index (χ2v) is 5.48. The van der Waals surface area contributed by atoms with E-state index in [1.807, 2.05) is 4.90 Å². The number of carbonyl (C=O) groups excluding carboxylic acids is 1. The highest BCUT2D eigenvalue weighted by atomic mass is 16.2. The molecule has 0 atom stereocenters. The van der Waals surface area contributed by atoms with Gasteiger partial charge in [-0.3, -0.25) is 4.79 Å². The van der Waals surface area contributed by atoms with Gasteiger partial charge in [0.15, 0.2) is 0 Å². The number of hydrogen-bond donors (Lipinski definition) is 1. The van der Waals surface area contributed by atoms with Crippen molar-refractivity contribution in [3.8, 4) is 0 Å². The van der Waals surface area contributed by atoms with E-state index in [0.29, 0.717) is 24.3 Å². The van der Waals surface area contributed by atoms with Crippen LogP contribution in [-0.2, 0) is 4.79 Å². The quantitative estimate of drug-likeness (QED) is 0.711. The summed E-state index contributed by atoms with van der Waals surface area (Å²) in [5, 5.41) is 0. The Balaban J connectivity index is 4.65. The Morgan fingerprint density at radius 3 is 2.00 bits per heavy atom. The number of amides is 1. The predicted octanol–water partition coefficient (Wildman–Crippen LogP) is 2.50. The molecule has 0 saturated carbocycles. The van der Waals surface area contributed by atoms with Crippen LogP contribution >= 0.6 is 0 Å². The van der Waals surface area contributed by atoms with Crippen molar-refractivity contribution in [1.82, 2.24) is 4.90 Å². The molecule has 3 heteroatoms. The van der Waals surface area contributed by atoms with Gasteiger partial charge in [-0.05, 0) is 31.2 Å². The lowest BCUT2D eigenvalue weighted by Gasteiger charge is -2.31. The minimum atomic E-state index is 0.138. The summed E-state index contributed by atoms with van der Waals surface area (Å²) < 4.78 is 0. The zero-order valence-corrected chi connectivity index (χ0v) is 12.2. The Hall–Kier alpha value is -0.570. The third kappa shape index (κ3) is 5.53. The van der Waals surface area contributed by atoms with Crippen LogP contribution in [0.2, 0.25) is 0 Å². The molecular weight excluding hydrogens is 212 g/mol. The summed E-state index contributed by atoms with van der Waals surface area (Å²) in [6, 6.07) is 0. The zero-order valence-electron chi connectivity index (χ0n) is 12.2. The average Bonchev–Trinajstić information content (AvgIpc) is 2.22. The molecule has 0 radical (unpaired) electrons. The molecule has 3 nitrogen and oxygen atoms in total. The second-order valence-electron chi connectivity index (χ2n) is 5.48. The van der Waals surface area contributed by atoms with Crippen LogP contribution in [0.3, 0.4) is 0 Å². The van der Waals surface area contributed by atoms with E-state index in [2.05, 4.69) is 34.6 Å². The molecule has 17 heavy (non-hydrogen) atoms. The van der Waals surface area contributed by atoms with Crippen molar-refractivity contribution in [3.05, 3.63) is 0 Å². The molecule has 0 fully saturated rings. The standard InChI is InChI=1S/C14H30N2O/c1-6-9-16(10-7-8-15)14(17)13(11(2)3)12(4)5/h11-13H,6-10,15H2,1-5H3. The van der Waals surface area contributed by atoms with Gasteiger partial charge in [0.05, 0.1) is 0 Å². The lowest BCUT2D eigenvalue weighted by Crippen LogP contribution is -2.41. The van der Waals surface area contributed by atoms with Crippen molar-refractivity contribution in [2.75, 3.05) is 19.6 Å². The monoisotopic (exact) mass is 242 g/mol. The molecule has 0 heterocycles. The van der Waals surface area contributed by atoms with Crippen molar-refractivity contribution < 1.29 is 4.79 Å². The number of carbonyl (C=O) groups is 1. The van der Waals surface area contributed by atoms with Crippen molar-refractivity contribution in [2.24, 2.45) is 23.5 Å². The number of nitrogens with zero attached hydrogens (tertiary/aromatic N) is 1. The van der Waals surface area contributed by atoms with E-state index < -0.39 is 0 Å². The highest BCUT2D eigenvalue weighted by Gasteiger charge is 2.28. The Morgan fingerprint density at radius 1 is 1.12 bits per heavy atom. The number of nitrogens with two attached hydrogens (primary N) is 1. The van der Waals surface area contributed by atoms with Crippen molar-refractivity contribution >= 4 is 5.91 Å². The normalized spacial score (nSPS) is 11.6. The van der Waals surface area contributed by atoms with Crippen LogP contribution in [0.5, 0.6) is 0 Å². The predicted molar refractivity (Wildman–Crippen MR) is 73.7 cm³/mol. The van der Waals surface area contributed by atoms with E-state index in [1.54, 1.807) is 0 Å². The van der Waals surface area contributed by atoms with Gasteiger partial charge in [-0.2, -0.15) is 0 Å². The van der Waals surface area contributed by atoms with Gasteiger partial charge in [-0.15, -0.1) is 0 Å². The minimum Gasteiger partial charge on any atom is -0.342 e. The highest BCUT2D eigenvalue weighted by Crippen LogP contribution is 2.23. The SMILES string of the molecule is CCCN(CCCN)C(=O)C(C(C)C)C(C)C. The topological polar surface area (TPSA) is 46.3 Å². The second kappa shape index (κ2) is 8.51. The fraction of sp³-hybridized carbons (Fsp3) is 0.929. The summed E-state index contributed by atoms with van der Waals surface area (Å²) in [6.45, 7) is 13.0. The Bertz CT molecular complexity index is 206. The fourth-order valence-electron chi connectivity index (χ4n) is 2.44. The maximum atomic E-state index is 12.5. The number of hydrogen-bond acceptors (Lipinski definition) is 2. The summed E-state index contributed by atoms with van der Waals surface area (Å²) in [4.78, 5) is 14.5. The van der Waals surface area contributed by atoms with Crippen LogP contribution in [0.15, 0.2) is 0 Å². The Labute approximate surface area is 107 Å². The molecule has 2 N–H and O–H groups in total. The van der Waals surface area contributed by atoms with E-state index in [0.717, 1.165) is 25.9 Å². The van der Waals surface area contributed by atoms with E-state index in [-0.39, 0.29) is 5.92 Å². The third-order valence-corrected chi connectivity index (χ3v) is 3.16. The van der Waals surface area contributed by atoms with Crippen LogP contribution < -0.4 is 5.73 Å². The molecule has 0 aromatic heterocycles. The maximum absolute atomic E-state index is 12.5. The summed E-state index contributed by atoms with van der Waals surface area (Å²) >= 11 is 0. The first-order valence-electron chi connectivity index (χ1n) is 6.94. The fourth-order valence-corrected chi connectivity index (χ4v) is 2.44. The molecule has 0 aliphatic rings. The molecule has 1 amide bonds. The summed E-state index contributed by atoms with van der Waals surface area (Å²) in [7, 11) is 0. The molecule has 102 valence electrons. The largest absolute Gasteiger partial charge is 0.342 e. The van der Waals surface area contributed by atoms with Crippen LogP contribution in [-0.4, -0.2) is 30.4 Å². The van der Waals surface area contributed by atoms with Crippen LogP contribution in [0.1, 0.15) is 47.5 Å². The molecule has 0 aliphatic carbocycles. The molecule has 0 aliphatic heterocycles. The lowest BCUT2D eigenvalue weighted by molar-refractivity contribution is -0.138. The average molecular weight is 242 g/mol. The van der Waals surface area contributed by atoms with Crippen molar-refractivity contribution in [3.63, 3.8) is 0 Å². The van der Waals surface area contributed by atoms with E-state index >= 15 is 0 Å². The third-order valence-electron chi connectivity index (χ3n) is 3.16. The molecule has 0 aromatic carbocycles. The van der Waals surface area contributed by atoms with Crippen LogP contribution in [0.4, 0.5) is 0 Å². The van der Waals surface area contributed by atoms with Gasteiger partial charge in [0.2, 0.25) is 5.91 Å². The first kappa shape index (κ1) is 16.4. The zero-order chi connectivity index (χ0) is 13.4. The van der Waals surface area contributed by atoms with E-state index in [9.17, 15) is 4.79 Å². The molecule has 0 saturated heterocycles. The minimum absolute atomic E-state index is 0.138. The molecular formula is C14H30N2O. The number of rotatable bonds is 8. The maximum Gasteiger partial charge on any atom is 0.226 e. The van der Waals surface area contributed by atoms with Crippen LogP contribution in [0, 0.1) is 17.8 Å². The van der Waals surface area contributed by atoms with Gasteiger partial charge in [0.1, 0.15) is 0 Å². The van der Waals surface area contributed by atoms with Gasteiger partial charge >= 0.3 is 0 Å². The molecule has 0 rings (SSSR count). The molecule has 0 unspecified atom stereocenters. The molecule has 0 bridgehead atoms. The van der Waals surface area contributed by atoms with Gasteiger partial charge in [-0.1, -0.05) is 34.6 Å².